The lowest BCUT2D eigenvalue weighted by Gasteiger charge is -2.20. The Morgan fingerprint density at radius 1 is 0.963 bits per heavy atom. The van der Waals surface area contributed by atoms with Crippen molar-refractivity contribution in [1.82, 2.24) is 0 Å². The maximum atomic E-state index is 12.3. The summed E-state index contributed by atoms with van der Waals surface area (Å²) in [6.07, 6.45) is 5.44. The average molecular weight is 363 g/mol. The number of para-hydroxylation sites is 1. The lowest BCUT2D eigenvalue weighted by atomic mass is 9.86. The van der Waals surface area contributed by atoms with E-state index < -0.39 is 0 Å². The number of rotatable bonds is 6. The van der Waals surface area contributed by atoms with E-state index in [1.165, 1.54) is 19.3 Å². The van der Waals surface area contributed by atoms with Crippen LogP contribution in [0.2, 0.25) is 0 Å². The lowest BCUT2D eigenvalue weighted by Crippen LogP contribution is -2.23. The van der Waals surface area contributed by atoms with Crippen LogP contribution in [0.3, 0.4) is 0 Å². The third kappa shape index (κ3) is 4.21. The van der Waals surface area contributed by atoms with Gasteiger partial charge in [-0.25, -0.2) is 0 Å². The lowest BCUT2D eigenvalue weighted by molar-refractivity contribution is -0.148. The smallest absolute Gasteiger partial charge is 0.306 e. The largest absolute Gasteiger partial charge is 0.456 e. The molecule has 4 nitrogen and oxygen atoms in total. The van der Waals surface area contributed by atoms with E-state index in [0.29, 0.717) is 18.3 Å². The predicted molar refractivity (Wildman–Crippen MR) is 105 cm³/mol. The normalized spacial score (nSPS) is 23.2. The van der Waals surface area contributed by atoms with Crippen molar-refractivity contribution in [2.24, 2.45) is 17.8 Å². The van der Waals surface area contributed by atoms with E-state index in [1.54, 1.807) is 0 Å². The molecule has 140 valence electrons. The third-order valence-corrected chi connectivity index (χ3v) is 5.96. The van der Waals surface area contributed by atoms with Crippen LogP contribution in [0.1, 0.15) is 32.1 Å². The highest BCUT2D eigenvalue weighted by molar-refractivity contribution is 5.96. The number of fused-ring (bicyclic) bond motifs is 2. The third-order valence-electron chi connectivity index (χ3n) is 5.96. The average Bonchev–Trinajstić information content (AvgIpc) is 3.31. The summed E-state index contributed by atoms with van der Waals surface area (Å²) >= 11 is 0. The minimum absolute atomic E-state index is 0.233. The first-order valence-corrected chi connectivity index (χ1v) is 9.79. The molecule has 0 heterocycles. The predicted octanol–water partition coefficient (Wildman–Crippen LogP) is 4.66. The van der Waals surface area contributed by atoms with Crippen molar-refractivity contribution in [3.8, 4) is 11.1 Å². The highest BCUT2D eigenvalue weighted by Gasteiger charge is 2.40. The number of nitrogens with one attached hydrogen (secondary N) is 1. The minimum atomic E-state index is -0.306. The number of esters is 1. The van der Waals surface area contributed by atoms with Gasteiger partial charge in [-0.15, -0.1) is 0 Å². The van der Waals surface area contributed by atoms with Gasteiger partial charge >= 0.3 is 5.97 Å². The number of benzene rings is 2. The standard InChI is InChI=1S/C23H25NO3/c25-22(15-27-23(26)14-19-13-16-10-11-18(19)12-16)24-21-9-5-4-8-20(21)17-6-2-1-3-7-17/h1-9,16,18-19H,10-15H2,(H,24,25)/t16-,18+,19-/m0/s1. The Kier molecular flexibility index (Phi) is 5.23. The maximum Gasteiger partial charge on any atom is 0.306 e. The molecule has 0 saturated heterocycles. The molecule has 4 rings (SSSR count). The van der Waals surface area contributed by atoms with Crippen molar-refractivity contribution in [2.75, 3.05) is 11.9 Å². The quantitative estimate of drug-likeness (QED) is 0.759. The first-order chi connectivity index (χ1) is 13.2. The van der Waals surface area contributed by atoms with Crippen LogP contribution in [0.4, 0.5) is 5.69 Å². The Bertz CT molecular complexity index is 817. The first-order valence-electron chi connectivity index (χ1n) is 9.79. The zero-order valence-electron chi connectivity index (χ0n) is 15.4. The molecule has 0 aromatic heterocycles. The van der Waals surface area contributed by atoms with Crippen molar-refractivity contribution in [1.29, 1.82) is 0 Å². The SMILES string of the molecule is O=C(COC(=O)C[C@@H]1C[C@H]2CC[C@@H]1C2)Nc1ccccc1-c1ccccc1. The van der Waals surface area contributed by atoms with Crippen LogP contribution >= 0.6 is 0 Å². The van der Waals surface area contributed by atoms with Crippen LogP contribution in [0.25, 0.3) is 11.1 Å². The number of hydrogen-bond donors (Lipinski definition) is 1. The second kappa shape index (κ2) is 7.95. The van der Waals surface area contributed by atoms with Crippen molar-refractivity contribution < 1.29 is 14.3 Å². The molecule has 0 unspecified atom stereocenters. The molecular weight excluding hydrogens is 338 g/mol. The van der Waals surface area contributed by atoms with Gasteiger partial charge in [0, 0.05) is 17.7 Å². The Morgan fingerprint density at radius 2 is 1.74 bits per heavy atom. The number of carbonyl (C=O) groups is 2. The first kappa shape index (κ1) is 17.8. The molecule has 27 heavy (non-hydrogen) atoms. The molecular formula is C23H25NO3. The molecule has 1 N–H and O–H groups in total. The molecule has 0 spiro atoms. The number of amides is 1. The van der Waals surface area contributed by atoms with Gasteiger partial charge in [-0.05, 0) is 48.6 Å². The number of carbonyl (C=O) groups excluding carboxylic acids is 2. The Balaban J connectivity index is 1.30. The van der Waals surface area contributed by atoms with Crippen molar-refractivity contribution in [3.63, 3.8) is 0 Å². The second-order valence-corrected chi connectivity index (χ2v) is 7.76. The molecule has 2 saturated carbocycles. The number of hydrogen-bond acceptors (Lipinski definition) is 3. The van der Waals surface area contributed by atoms with Gasteiger partial charge in [-0.3, -0.25) is 9.59 Å². The van der Waals surface area contributed by atoms with E-state index >= 15 is 0 Å². The van der Waals surface area contributed by atoms with Crippen LogP contribution in [0, 0.1) is 17.8 Å². The van der Waals surface area contributed by atoms with Crippen molar-refractivity contribution >= 4 is 17.6 Å². The van der Waals surface area contributed by atoms with E-state index in [9.17, 15) is 9.59 Å². The van der Waals surface area contributed by atoms with Gasteiger partial charge < -0.3 is 10.1 Å². The van der Waals surface area contributed by atoms with Crippen LogP contribution in [-0.4, -0.2) is 18.5 Å². The molecule has 3 atom stereocenters. The van der Waals surface area contributed by atoms with Gasteiger partial charge in [0.05, 0.1) is 0 Å². The van der Waals surface area contributed by atoms with E-state index in [0.717, 1.165) is 29.2 Å². The summed E-state index contributed by atoms with van der Waals surface area (Å²) in [5.74, 6) is 1.40. The van der Waals surface area contributed by atoms with Gasteiger partial charge in [0.1, 0.15) is 0 Å². The number of anilines is 1. The zero-order chi connectivity index (χ0) is 18.6. The molecule has 0 aliphatic heterocycles. The van der Waals surface area contributed by atoms with E-state index in [4.69, 9.17) is 4.74 Å². The molecule has 1 amide bonds. The maximum absolute atomic E-state index is 12.3. The molecule has 2 aromatic carbocycles. The molecule has 2 aliphatic carbocycles. The van der Waals surface area contributed by atoms with E-state index in [2.05, 4.69) is 5.32 Å². The Labute approximate surface area is 159 Å². The van der Waals surface area contributed by atoms with E-state index in [1.807, 2.05) is 54.6 Å². The Hall–Kier alpha value is -2.62. The highest BCUT2D eigenvalue weighted by Crippen LogP contribution is 2.49. The van der Waals surface area contributed by atoms with E-state index in [-0.39, 0.29) is 18.5 Å². The van der Waals surface area contributed by atoms with Gasteiger partial charge in [0.15, 0.2) is 6.61 Å². The van der Waals surface area contributed by atoms with Crippen LogP contribution in [0.15, 0.2) is 54.6 Å². The van der Waals surface area contributed by atoms with Crippen LogP contribution in [-0.2, 0) is 14.3 Å². The fourth-order valence-corrected chi connectivity index (χ4v) is 4.69. The summed E-state index contributed by atoms with van der Waals surface area (Å²) < 4.78 is 5.24. The fraction of sp³-hybridized carbons (Fsp3) is 0.391. The fourth-order valence-electron chi connectivity index (χ4n) is 4.69. The molecule has 2 bridgehead atoms. The topological polar surface area (TPSA) is 55.4 Å². The van der Waals surface area contributed by atoms with Gasteiger partial charge in [-0.1, -0.05) is 55.0 Å². The summed E-state index contributed by atoms with van der Waals surface area (Å²) in [6.45, 7) is -0.233. The molecule has 0 radical (unpaired) electrons. The minimum Gasteiger partial charge on any atom is -0.456 e. The second-order valence-electron chi connectivity index (χ2n) is 7.76. The summed E-state index contributed by atoms with van der Waals surface area (Å²) in [4.78, 5) is 24.4. The van der Waals surface area contributed by atoms with Crippen LogP contribution in [0.5, 0.6) is 0 Å². The number of ether oxygens (including phenoxy) is 1. The van der Waals surface area contributed by atoms with Gasteiger partial charge in [-0.2, -0.15) is 0 Å². The zero-order valence-corrected chi connectivity index (χ0v) is 15.4. The highest BCUT2D eigenvalue weighted by atomic mass is 16.5. The molecule has 2 aliphatic rings. The molecule has 4 heteroatoms. The van der Waals surface area contributed by atoms with Crippen molar-refractivity contribution in [2.45, 2.75) is 32.1 Å². The summed E-state index contributed by atoms with van der Waals surface area (Å²) in [5, 5.41) is 2.87. The molecule has 2 fully saturated rings. The Morgan fingerprint density at radius 3 is 2.48 bits per heavy atom. The monoisotopic (exact) mass is 363 g/mol. The van der Waals surface area contributed by atoms with Gasteiger partial charge in [0.25, 0.3) is 5.91 Å². The summed E-state index contributed by atoms with van der Waals surface area (Å²) in [6, 6.07) is 17.5. The van der Waals surface area contributed by atoms with Crippen molar-refractivity contribution in [3.05, 3.63) is 54.6 Å². The molecule has 2 aromatic rings. The van der Waals surface area contributed by atoms with Crippen LogP contribution < -0.4 is 5.32 Å². The summed E-state index contributed by atoms with van der Waals surface area (Å²) in [5.41, 5.74) is 2.69. The summed E-state index contributed by atoms with van der Waals surface area (Å²) in [7, 11) is 0. The van der Waals surface area contributed by atoms with Gasteiger partial charge in [0.2, 0.25) is 0 Å².